The van der Waals surface area contributed by atoms with Crippen LogP contribution in [0.3, 0.4) is 0 Å². The van der Waals surface area contributed by atoms with Crippen molar-refractivity contribution in [2.45, 2.75) is 33.2 Å². The molecule has 0 bridgehead atoms. The lowest BCUT2D eigenvalue weighted by molar-refractivity contribution is 0.456. The number of rotatable bonds is 5. The number of benzene rings is 1. The van der Waals surface area contributed by atoms with Gasteiger partial charge in [0.1, 0.15) is 5.75 Å². The molecule has 1 aromatic heterocycles. The molecule has 0 radical (unpaired) electrons. The molecule has 4 heteroatoms. The largest absolute Gasteiger partial charge is 0.439 e. The molecule has 2 aromatic rings. The first-order valence-electron chi connectivity index (χ1n) is 6.76. The molecule has 0 amide bonds. The van der Waals surface area contributed by atoms with E-state index < -0.39 is 0 Å². The molecule has 0 fully saturated rings. The summed E-state index contributed by atoms with van der Waals surface area (Å²) in [5.74, 6) is 1.43. The summed E-state index contributed by atoms with van der Waals surface area (Å²) >= 11 is 3.45. The van der Waals surface area contributed by atoms with E-state index >= 15 is 0 Å². The predicted molar refractivity (Wildman–Crippen MR) is 85.1 cm³/mol. The van der Waals surface area contributed by atoms with E-state index in [1.807, 2.05) is 37.3 Å². The number of aromatic nitrogens is 1. The summed E-state index contributed by atoms with van der Waals surface area (Å²) in [6.45, 7) is 4.64. The first-order chi connectivity index (χ1) is 9.62. The molecule has 0 saturated carbocycles. The molecule has 3 nitrogen and oxygen atoms in total. The third kappa shape index (κ3) is 3.81. The van der Waals surface area contributed by atoms with Crippen LogP contribution >= 0.6 is 15.9 Å². The zero-order valence-electron chi connectivity index (χ0n) is 11.8. The molecule has 0 saturated heterocycles. The minimum atomic E-state index is 0.495. The number of ether oxygens (including phenoxy) is 1. The Balaban J connectivity index is 2.29. The Morgan fingerprint density at radius 2 is 2.05 bits per heavy atom. The second kappa shape index (κ2) is 6.86. The van der Waals surface area contributed by atoms with Crippen LogP contribution in [-0.4, -0.2) is 4.98 Å². The lowest BCUT2D eigenvalue weighted by Crippen LogP contribution is -2.01. The SMILES string of the molecule is CCCc1cc(CN)cc(Oc2ccc(Br)cc2C)n1. The van der Waals surface area contributed by atoms with E-state index in [1.54, 1.807) is 0 Å². The maximum Gasteiger partial charge on any atom is 0.219 e. The topological polar surface area (TPSA) is 48.1 Å². The van der Waals surface area contributed by atoms with Crippen LogP contribution in [0.2, 0.25) is 0 Å². The van der Waals surface area contributed by atoms with Crippen molar-refractivity contribution < 1.29 is 4.74 Å². The van der Waals surface area contributed by atoms with E-state index in [1.165, 1.54) is 0 Å². The van der Waals surface area contributed by atoms with Crippen LogP contribution in [0.15, 0.2) is 34.8 Å². The van der Waals surface area contributed by atoms with Crippen molar-refractivity contribution in [1.82, 2.24) is 4.98 Å². The fourth-order valence-electron chi connectivity index (χ4n) is 2.01. The van der Waals surface area contributed by atoms with Gasteiger partial charge in [-0.05, 0) is 48.7 Å². The zero-order valence-corrected chi connectivity index (χ0v) is 13.4. The first-order valence-corrected chi connectivity index (χ1v) is 7.55. The van der Waals surface area contributed by atoms with E-state index in [4.69, 9.17) is 10.5 Å². The molecular formula is C16H19BrN2O. The van der Waals surface area contributed by atoms with Crippen molar-refractivity contribution in [3.05, 3.63) is 51.6 Å². The fraction of sp³-hybridized carbons (Fsp3) is 0.312. The average Bonchev–Trinajstić information content (AvgIpc) is 2.42. The zero-order chi connectivity index (χ0) is 14.5. The highest BCUT2D eigenvalue weighted by Crippen LogP contribution is 2.27. The highest BCUT2D eigenvalue weighted by molar-refractivity contribution is 9.10. The summed E-state index contributed by atoms with van der Waals surface area (Å²) < 4.78 is 6.95. The van der Waals surface area contributed by atoms with Gasteiger partial charge in [-0.25, -0.2) is 4.98 Å². The number of aryl methyl sites for hydroxylation is 2. The summed E-state index contributed by atoms with van der Waals surface area (Å²) in [7, 11) is 0. The van der Waals surface area contributed by atoms with Crippen molar-refractivity contribution in [3.63, 3.8) is 0 Å². The van der Waals surface area contributed by atoms with Gasteiger partial charge in [0.25, 0.3) is 0 Å². The van der Waals surface area contributed by atoms with Gasteiger partial charge in [0.2, 0.25) is 5.88 Å². The van der Waals surface area contributed by atoms with Crippen molar-refractivity contribution in [3.8, 4) is 11.6 Å². The van der Waals surface area contributed by atoms with Gasteiger partial charge in [0.15, 0.2) is 0 Å². The lowest BCUT2D eigenvalue weighted by atomic mass is 10.1. The summed E-state index contributed by atoms with van der Waals surface area (Å²) in [6, 6.07) is 9.87. The molecule has 0 spiro atoms. The first kappa shape index (κ1) is 15.0. The summed E-state index contributed by atoms with van der Waals surface area (Å²) in [5, 5.41) is 0. The van der Waals surface area contributed by atoms with Gasteiger partial charge in [-0.3, -0.25) is 0 Å². The Bertz CT molecular complexity index is 599. The van der Waals surface area contributed by atoms with Crippen LogP contribution in [0.4, 0.5) is 0 Å². The molecule has 2 rings (SSSR count). The maximum atomic E-state index is 5.91. The van der Waals surface area contributed by atoms with Gasteiger partial charge in [0.05, 0.1) is 0 Å². The number of pyridine rings is 1. The van der Waals surface area contributed by atoms with E-state index in [9.17, 15) is 0 Å². The van der Waals surface area contributed by atoms with Gasteiger partial charge in [-0.15, -0.1) is 0 Å². The second-order valence-electron chi connectivity index (χ2n) is 4.77. The highest BCUT2D eigenvalue weighted by atomic mass is 79.9. The molecule has 0 aliphatic carbocycles. The summed E-state index contributed by atoms with van der Waals surface area (Å²) in [4.78, 5) is 4.54. The van der Waals surface area contributed by atoms with Crippen molar-refractivity contribution in [2.24, 2.45) is 5.73 Å². The Morgan fingerprint density at radius 1 is 1.25 bits per heavy atom. The minimum absolute atomic E-state index is 0.495. The van der Waals surface area contributed by atoms with E-state index in [0.29, 0.717) is 12.4 Å². The third-order valence-electron chi connectivity index (χ3n) is 3.01. The Labute approximate surface area is 128 Å². The van der Waals surface area contributed by atoms with Crippen molar-refractivity contribution >= 4 is 15.9 Å². The van der Waals surface area contributed by atoms with Gasteiger partial charge >= 0.3 is 0 Å². The fourth-order valence-corrected chi connectivity index (χ4v) is 2.49. The van der Waals surface area contributed by atoms with Crippen molar-refractivity contribution in [1.29, 1.82) is 0 Å². The molecule has 20 heavy (non-hydrogen) atoms. The van der Waals surface area contributed by atoms with Crippen LogP contribution in [0.5, 0.6) is 11.6 Å². The summed E-state index contributed by atoms with van der Waals surface area (Å²) in [6.07, 6.45) is 1.99. The van der Waals surface area contributed by atoms with Gasteiger partial charge < -0.3 is 10.5 Å². The highest BCUT2D eigenvalue weighted by Gasteiger charge is 2.06. The standard InChI is InChI=1S/C16H19BrN2O/c1-3-4-14-8-12(10-18)9-16(19-14)20-15-6-5-13(17)7-11(15)2/h5-9H,3-4,10,18H2,1-2H3. The van der Waals surface area contributed by atoms with E-state index in [0.717, 1.165) is 39.9 Å². The molecule has 0 unspecified atom stereocenters. The molecule has 106 valence electrons. The summed E-state index contributed by atoms with van der Waals surface area (Å²) in [5.41, 5.74) is 8.88. The van der Waals surface area contributed by atoms with Crippen LogP contribution in [0.1, 0.15) is 30.2 Å². The molecule has 0 aliphatic rings. The molecule has 1 heterocycles. The second-order valence-corrected chi connectivity index (χ2v) is 5.69. The van der Waals surface area contributed by atoms with Crippen LogP contribution in [-0.2, 0) is 13.0 Å². The minimum Gasteiger partial charge on any atom is -0.439 e. The van der Waals surface area contributed by atoms with Gasteiger partial charge in [0, 0.05) is 22.8 Å². The van der Waals surface area contributed by atoms with Gasteiger partial charge in [-0.1, -0.05) is 29.3 Å². The Kier molecular flexibility index (Phi) is 5.15. The smallest absolute Gasteiger partial charge is 0.219 e. The molecule has 0 aliphatic heterocycles. The average molecular weight is 335 g/mol. The van der Waals surface area contributed by atoms with Gasteiger partial charge in [-0.2, -0.15) is 0 Å². The number of halogens is 1. The third-order valence-corrected chi connectivity index (χ3v) is 3.50. The molecule has 2 N–H and O–H groups in total. The van der Waals surface area contributed by atoms with Crippen molar-refractivity contribution in [2.75, 3.05) is 0 Å². The monoisotopic (exact) mass is 334 g/mol. The quantitative estimate of drug-likeness (QED) is 0.883. The number of nitrogens with zero attached hydrogens (tertiary/aromatic N) is 1. The van der Waals surface area contributed by atoms with Crippen LogP contribution in [0.25, 0.3) is 0 Å². The lowest BCUT2D eigenvalue weighted by Gasteiger charge is -2.11. The molecule has 0 atom stereocenters. The van der Waals surface area contributed by atoms with E-state index in [-0.39, 0.29) is 0 Å². The number of hydrogen-bond donors (Lipinski definition) is 1. The number of hydrogen-bond acceptors (Lipinski definition) is 3. The number of nitrogens with two attached hydrogens (primary N) is 1. The van der Waals surface area contributed by atoms with E-state index in [2.05, 4.69) is 27.8 Å². The maximum absolute atomic E-state index is 5.91. The molecule has 1 aromatic carbocycles. The Morgan fingerprint density at radius 3 is 2.70 bits per heavy atom. The van der Waals surface area contributed by atoms with Crippen LogP contribution in [0, 0.1) is 6.92 Å². The molecular weight excluding hydrogens is 316 g/mol. The predicted octanol–water partition coefficient (Wildman–Crippen LogP) is 4.36. The normalized spacial score (nSPS) is 10.6. The van der Waals surface area contributed by atoms with Crippen LogP contribution < -0.4 is 10.5 Å². The Hall–Kier alpha value is -1.39.